The van der Waals surface area contributed by atoms with Crippen LogP contribution in [0, 0.1) is 6.92 Å². The van der Waals surface area contributed by atoms with Crippen LogP contribution in [0.25, 0.3) is 0 Å². The lowest BCUT2D eigenvalue weighted by Crippen LogP contribution is -2.48. The largest absolute Gasteiger partial charge is 0.508 e. The summed E-state index contributed by atoms with van der Waals surface area (Å²) in [5, 5.41) is 9.49. The van der Waals surface area contributed by atoms with Crippen LogP contribution in [0.15, 0.2) is 18.2 Å². The Bertz CT molecular complexity index is 445. The quantitative estimate of drug-likeness (QED) is 0.871. The first-order chi connectivity index (χ1) is 8.63. The van der Waals surface area contributed by atoms with Gasteiger partial charge in [-0.05, 0) is 37.1 Å². The average Bonchev–Trinajstić information content (AvgIpc) is 2.41. The van der Waals surface area contributed by atoms with Crippen LogP contribution in [-0.2, 0) is 4.74 Å². The number of hydrogen-bond acceptors (Lipinski definition) is 3. The second kappa shape index (κ2) is 5.40. The van der Waals surface area contributed by atoms with Crippen LogP contribution in [0.1, 0.15) is 29.3 Å². The molecule has 1 heterocycles. The Hall–Kier alpha value is -1.55. The van der Waals surface area contributed by atoms with E-state index in [1.807, 2.05) is 4.90 Å². The van der Waals surface area contributed by atoms with Gasteiger partial charge in [-0.2, -0.15) is 0 Å². The van der Waals surface area contributed by atoms with Crippen molar-refractivity contribution in [3.05, 3.63) is 29.3 Å². The van der Waals surface area contributed by atoms with E-state index >= 15 is 0 Å². The van der Waals surface area contributed by atoms with E-state index in [0.29, 0.717) is 25.3 Å². The molecule has 1 aliphatic heterocycles. The molecule has 98 valence electrons. The topological polar surface area (TPSA) is 49.8 Å². The van der Waals surface area contributed by atoms with Crippen molar-refractivity contribution in [2.45, 2.75) is 26.3 Å². The van der Waals surface area contributed by atoms with E-state index in [4.69, 9.17) is 4.74 Å². The molecule has 1 unspecified atom stereocenters. The minimum Gasteiger partial charge on any atom is -0.508 e. The minimum absolute atomic E-state index is 0.0215. The Kier molecular flexibility index (Phi) is 3.87. The molecule has 1 fully saturated rings. The maximum absolute atomic E-state index is 12.4. The summed E-state index contributed by atoms with van der Waals surface area (Å²) in [4.78, 5) is 14.3. The van der Waals surface area contributed by atoms with Gasteiger partial charge in [0.25, 0.3) is 5.91 Å². The Balaban J connectivity index is 2.21. The molecular weight excluding hydrogens is 230 g/mol. The zero-order chi connectivity index (χ0) is 13.1. The predicted octanol–water partition coefficient (Wildman–Crippen LogP) is 1.95. The number of ether oxygens (including phenoxy) is 1. The Labute approximate surface area is 107 Å². The molecule has 0 aromatic heterocycles. The zero-order valence-electron chi connectivity index (χ0n) is 10.8. The van der Waals surface area contributed by atoms with Crippen LogP contribution in [0.5, 0.6) is 5.75 Å². The molecule has 2 rings (SSSR count). The van der Waals surface area contributed by atoms with Gasteiger partial charge >= 0.3 is 0 Å². The fraction of sp³-hybridized carbons (Fsp3) is 0.500. The van der Waals surface area contributed by atoms with E-state index in [1.54, 1.807) is 25.1 Å². The highest BCUT2D eigenvalue weighted by molar-refractivity contribution is 5.94. The lowest BCUT2D eigenvalue weighted by Gasteiger charge is -2.35. The van der Waals surface area contributed by atoms with Gasteiger partial charge in [-0.15, -0.1) is 0 Å². The third kappa shape index (κ3) is 2.48. The first-order valence-electron chi connectivity index (χ1n) is 6.31. The van der Waals surface area contributed by atoms with E-state index in [-0.39, 0.29) is 17.7 Å². The number of phenols is 1. The minimum atomic E-state index is 0.0215. The van der Waals surface area contributed by atoms with Gasteiger partial charge in [-0.25, -0.2) is 0 Å². The summed E-state index contributed by atoms with van der Waals surface area (Å²) in [7, 11) is 0. The zero-order valence-corrected chi connectivity index (χ0v) is 10.8. The van der Waals surface area contributed by atoms with Crippen LogP contribution < -0.4 is 0 Å². The first-order valence-corrected chi connectivity index (χ1v) is 6.31. The maximum Gasteiger partial charge on any atom is 0.254 e. The standard InChI is InChI=1S/C14H19NO3/c1-3-12-9-18-7-6-15(12)14(17)11-4-5-13(16)10(2)8-11/h4-5,8,12,16H,3,6-7,9H2,1-2H3. The summed E-state index contributed by atoms with van der Waals surface area (Å²) in [5.74, 6) is 0.244. The highest BCUT2D eigenvalue weighted by Gasteiger charge is 2.26. The number of morpholine rings is 1. The van der Waals surface area contributed by atoms with E-state index in [9.17, 15) is 9.90 Å². The Morgan fingerprint density at radius 1 is 1.56 bits per heavy atom. The van der Waals surface area contributed by atoms with Crippen LogP contribution in [0.2, 0.25) is 0 Å². The molecule has 1 aliphatic rings. The summed E-state index contributed by atoms with van der Waals surface area (Å²) in [6.07, 6.45) is 0.892. The molecule has 0 spiro atoms. The summed E-state index contributed by atoms with van der Waals surface area (Å²) >= 11 is 0. The van der Waals surface area contributed by atoms with Crippen molar-refractivity contribution in [3.8, 4) is 5.75 Å². The number of aryl methyl sites for hydroxylation is 1. The van der Waals surface area contributed by atoms with E-state index in [2.05, 4.69) is 6.92 Å². The monoisotopic (exact) mass is 249 g/mol. The van der Waals surface area contributed by atoms with Crippen LogP contribution in [-0.4, -0.2) is 41.7 Å². The molecule has 1 saturated heterocycles. The predicted molar refractivity (Wildman–Crippen MR) is 68.8 cm³/mol. The molecule has 1 atom stereocenters. The van der Waals surface area contributed by atoms with Crippen LogP contribution in [0.3, 0.4) is 0 Å². The molecule has 1 aromatic rings. The molecule has 18 heavy (non-hydrogen) atoms. The molecule has 0 aliphatic carbocycles. The van der Waals surface area contributed by atoms with Gasteiger partial charge in [0.1, 0.15) is 5.75 Å². The summed E-state index contributed by atoms with van der Waals surface area (Å²) in [6.45, 7) is 5.69. The third-order valence-corrected chi connectivity index (χ3v) is 3.40. The number of phenolic OH excluding ortho intramolecular Hbond substituents is 1. The lowest BCUT2D eigenvalue weighted by atomic mass is 10.1. The highest BCUT2D eigenvalue weighted by Crippen LogP contribution is 2.20. The highest BCUT2D eigenvalue weighted by atomic mass is 16.5. The molecule has 1 amide bonds. The Morgan fingerprint density at radius 2 is 2.33 bits per heavy atom. The number of rotatable bonds is 2. The number of benzene rings is 1. The number of nitrogens with zero attached hydrogens (tertiary/aromatic N) is 1. The molecule has 0 saturated carbocycles. The van der Waals surface area contributed by atoms with Gasteiger partial charge in [-0.3, -0.25) is 4.79 Å². The molecular formula is C14H19NO3. The number of carbonyl (C=O) groups is 1. The summed E-state index contributed by atoms with van der Waals surface area (Å²) < 4.78 is 5.40. The molecule has 1 N–H and O–H groups in total. The molecule has 4 heteroatoms. The maximum atomic E-state index is 12.4. The first kappa shape index (κ1) is 12.9. The van der Waals surface area contributed by atoms with E-state index in [0.717, 1.165) is 12.0 Å². The molecule has 4 nitrogen and oxygen atoms in total. The number of hydrogen-bond donors (Lipinski definition) is 1. The smallest absolute Gasteiger partial charge is 0.254 e. The Morgan fingerprint density at radius 3 is 3.00 bits per heavy atom. The van der Waals surface area contributed by atoms with Gasteiger partial charge in [-0.1, -0.05) is 6.92 Å². The number of aromatic hydroxyl groups is 1. The van der Waals surface area contributed by atoms with Crippen LogP contribution in [0.4, 0.5) is 0 Å². The average molecular weight is 249 g/mol. The number of carbonyl (C=O) groups excluding carboxylic acids is 1. The van der Waals surface area contributed by atoms with Gasteiger partial charge < -0.3 is 14.7 Å². The summed E-state index contributed by atoms with van der Waals surface area (Å²) in [6, 6.07) is 5.14. The van der Waals surface area contributed by atoms with Crippen LogP contribution >= 0.6 is 0 Å². The fourth-order valence-electron chi connectivity index (χ4n) is 2.21. The van der Waals surface area contributed by atoms with Gasteiger partial charge in [0, 0.05) is 12.1 Å². The molecule has 0 radical (unpaired) electrons. The third-order valence-electron chi connectivity index (χ3n) is 3.40. The fourth-order valence-corrected chi connectivity index (χ4v) is 2.21. The van der Waals surface area contributed by atoms with Crippen molar-refractivity contribution >= 4 is 5.91 Å². The van der Waals surface area contributed by atoms with Crippen molar-refractivity contribution in [3.63, 3.8) is 0 Å². The normalized spacial score (nSPS) is 19.9. The van der Waals surface area contributed by atoms with Gasteiger partial charge in [0.15, 0.2) is 0 Å². The van der Waals surface area contributed by atoms with Gasteiger partial charge in [0.05, 0.1) is 19.3 Å². The summed E-state index contributed by atoms with van der Waals surface area (Å²) in [5.41, 5.74) is 1.35. The van der Waals surface area contributed by atoms with Gasteiger partial charge in [0.2, 0.25) is 0 Å². The number of amides is 1. The van der Waals surface area contributed by atoms with E-state index < -0.39 is 0 Å². The molecule has 0 bridgehead atoms. The second-order valence-electron chi connectivity index (χ2n) is 4.64. The van der Waals surface area contributed by atoms with Crippen molar-refractivity contribution in [1.29, 1.82) is 0 Å². The van der Waals surface area contributed by atoms with Crippen molar-refractivity contribution in [1.82, 2.24) is 4.90 Å². The van der Waals surface area contributed by atoms with Crippen molar-refractivity contribution in [2.24, 2.45) is 0 Å². The van der Waals surface area contributed by atoms with Crippen molar-refractivity contribution in [2.75, 3.05) is 19.8 Å². The van der Waals surface area contributed by atoms with E-state index in [1.165, 1.54) is 0 Å². The van der Waals surface area contributed by atoms with Crippen molar-refractivity contribution < 1.29 is 14.6 Å². The lowest BCUT2D eigenvalue weighted by molar-refractivity contribution is -0.00280. The second-order valence-corrected chi connectivity index (χ2v) is 4.64. The molecule has 1 aromatic carbocycles. The SMILES string of the molecule is CCC1COCCN1C(=O)c1ccc(O)c(C)c1.